The van der Waals surface area contributed by atoms with Crippen LogP contribution >= 0.6 is 0 Å². The Morgan fingerprint density at radius 3 is 2.77 bits per heavy atom. The number of hydrogen-bond donors (Lipinski definition) is 0. The molecule has 1 aliphatic rings. The van der Waals surface area contributed by atoms with Gasteiger partial charge in [-0.3, -0.25) is 4.90 Å². The van der Waals surface area contributed by atoms with E-state index in [4.69, 9.17) is 4.52 Å². The Bertz CT molecular complexity index is 728. The summed E-state index contributed by atoms with van der Waals surface area (Å²) >= 11 is 0. The number of hydrogen-bond acceptors (Lipinski definition) is 6. The minimum atomic E-state index is -3.25. The summed E-state index contributed by atoms with van der Waals surface area (Å²) in [6, 6.07) is 8.64. The molecule has 7 heteroatoms. The van der Waals surface area contributed by atoms with E-state index < -0.39 is 9.84 Å². The lowest BCUT2D eigenvalue weighted by Crippen LogP contribution is -2.29. The van der Waals surface area contributed by atoms with Crippen molar-refractivity contribution in [1.29, 1.82) is 0 Å². The molecule has 1 saturated heterocycles. The molecule has 2 heterocycles. The Balaban J connectivity index is 1.68. The summed E-state index contributed by atoms with van der Waals surface area (Å²) < 4.78 is 29.8. The second kappa shape index (κ2) is 6.18. The van der Waals surface area contributed by atoms with Crippen LogP contribution in [0.2, 0.25) is 0 Å². The highest BCUT2D eigenvalue weighted by atomic mass is 32.2. The van der Waals surface area contributed by atoms with E-state index in [2.05, 4.69) is 15.0 Å². The summed E-state index contributed by atoms with van der Waals surface area (Å²) in [5, 5.41) is 3.97. The van der Waals surface area contributed by atoms with Crippen LogP contribution in [0, 0.1) is 6.92 Å². The first-order valence-corrected chi connectivity index (χ1v) is 9.03. The fourth-order valence-electron chi connectivity index (χ4n) is 2.82. The lowest BCUT2D eigenvalue weighted by atomic mass is 10.2. The van der Waals surface area contributed by atoms with Gasteiger partial charge in [0, 0.05) is 13.5 Å². The van der Waals surface area contributed by atoms with Gasteiger partial charge < -0.3 is 4.52 Å². The van der Waals surface area contributed by atoms with E-state index in [1.54, 1.807) is 31.2 Å². The molecule has 1 aromatic heterocycles. The molecule has 118 valence electrons. The van der Waals surface area contributed by atoms with Crippen molar-refractivity contribution in [2.75, 3.05) is 18.8 Å². The molecule has 0 bridgehead atoms. The van der Waals surface area contributed by atoms with Crippen LogP contribution in [-0.2, 0) is 9.84 Å². The zero-order valence-corrected chi connectivity index (χ0v) is 13.3. The average molecular weight is 321 g/mol. The normalized spacial score (nSPS) is 19.6. The summed E-state index contributed by atoms with van der Waals surface area (Å²) in [6.07, 6.45) is 1.95. The van der Waals surface area contributed by atoms with Gasteiger partial charge in [0.15, 0.2) is 15.7 Å². The Morgan fingerprint density at radius 1 is 1.32 bits per heavy atom. The van der Waals surface area contributed by atoms with Crippen LogP contribution in [0.5, 0.6) is 0 Å². The summed E-state index contributed by atoms with van der Waals surface area (Å²) in [7, 11) is -3.25. The van der Waals surface area contributed by atoms with Crippen molar-refractivity contribution in [3.8, 4) is 0 Å². The van der Waals surface area contributed by atoms with E-state index in [0.717, 1.165) is 19.4 Å². The van der Waals surface area contributed by atoms with Gasteiger partial charge in [-0.1, -0.05) is 23.4 Å². The molecule has 0 N–H and O–H groups in total. The van der Waals surface area contributed by atoms with E-state index in [-0.39, 0.29) is 11.8 Å². The largest absolute Gasteiger partial charge is 0.340 e. The molecule has 3 rings (SSSR count). The maximum absolute atomic E-state index is 12.4. The van der Waals surface area contributed by atoms with Crippen LogP contribution < -0.4 is 0 Å². The molecule has 0 spiro atoms. The standard InChI is InChI=1S/C15H19N3O3S/c1-12-16-15(17-21-12)14-8-5-9-18(14)10-11-22(19,20)13-6-3-2-4-7-13/h2-4,6-7,14H,5,8-11H2,1H3/t14-/m1/s1. The SMILES string of the molecule is Cc1nc([C@H]2CCCN2CCS(=O)(=O)c2ccccc2)no1. The van der Waals surface area contributed by atoms with Crippen molar-refractivity contribution in [1.82, 2.24) is 15.0 Å². The minimum Gasteiger partial charge on any atom is -0.340 e. The van der Waals surface area contributed by atoms with Gasteiger partial charge in [-0.2, -0.15) is 4.98 Å². The van der Waals surface area contributed by atoms with Crippen LogP contribution in [0.1, 0.15) is 30.6 Å². The molecule has 22 heavy (non-hydrogen) atoms. The van der Waals surface area contributed by atoms with E-state index in [9.17, 15) is 8.42 Å². The second-order valence-electron chi connectivity index (χ2n) is 5.50. The summed E-state index contributed by atoms with van der Waals surface area (Å²) in [6.45, 7) is 3.10. The van der Waals surface area contributed by atoms with Gasteiger partial charge in [0.1, 0.15) is 0 Å². The van der Waals surface area contributed by atoms with Crippen molar-refractivity contribution in [3.05, 3.63) is 42.0 Å². The lowest BCUT2D eigenvalue weighted by Gasteiger charge is -2.21. The third-order valence-electron chi connectivity index (χ3n) is 3.95. The number of aryl methyl sites for hydroxylation is 1. The van der Waals surface area contributed by atoms with Gasteiger partial charge in [0.05, 0.1) is 16.7 Å². The van der Waals surface area contributed by atoms with Crippen LogP contribution in [0.3, 0.4) is 0 Å². The highest BCUT2D eigenvalue weighted by Crippen LogP contribution is 2.30. The maximum Gasteiger partial charge on any atom is 0.223 e. The van der Waals surface area contributed by atoms with Crippen LogP contribution in [0.25, 0.3) is 0 Å². The summed E-state index contributed by atoms with van der Waals surface area (Å²) in [5.74, 6) is 1.30. The second-order valence-corrected chi connectivity index (χ2v) is 7.61. The third-order valence-corrected chi connectivity index (χ3v) is 5.66. The van der Waals surface area contributed by atoms with Gasteiger partial charge >= 0.3 is 0 Å². The molecule has 6 nitrogen and oxygen atoms in total. The molecule has 0 unspecified atom stereocenters. The van der Waals surface area contributed by atoms with E-state index in [1.165, 1.54) is 0 Å². The van der Waals surface area contributed by atoms with E-state index >= 15 is 0 Å². The molecule has 0 radical (unpaired) electrons. The number of aromatic nitrogens is 2. The first-order chi connectivity index (χ1) is 10.6. The predicted octanol–water partition coefficient (Wildman–Crippen LogP) is 1.99. The molecular weight excluding hydrogens is 302 g/mol. The Kier molecular flexibility index (Phi) is 4.26. The monoisotopic (exact) mass is 321 g/mol. The van der Waals surface area contributed by atoms with Crippen LogP contribution in [-0.4, -0.2) is 42.3 Å². The molecular formula is C15H19N3O3S. The predicted molar refractivity (Wildman–Crippen MR) is 81.1 cm³/mol. The molecule has 1 aromatic carbocycles. The molecule has 2 aromatic rings. The minimum absolute atomic E-state index is 0.0587. The zero-order valence-electron chi connectivity index (χ0n) is 12.5. The summed E-state index contributed by atoms with van der Waals surface area (Å²) in [4.78, 5) is 6.78. The number of rotatable bonds is 5. The zero-order chi connectivity index (χ0) is 15.6. The van der Waals surface area contributed by atoms with Gasteiger partial charge in [-0.15, -0.1) is 0 Å². The van der Waals surface area contributed by atoms with Crippen molar-refractivity contribution in [2.24, 2.45) is 0 Å². The fraction of sp³-hybridized carbons (Fsp3) is 0.467. The summed E-state index contributed by atoms with van der Waals surface area (Å²) in [5.41, 5.74) is 0. The molecule has 1 atom stereocenters. The Hall–Kier alpha value is -1.73. The Labute approximate surface area is 130 Å². The van der Waals surface area contributed by atoms with Crippen molar-refractivity contribution >= 4 is 9.84 Å². The number of likely N-dealkylation sites (tertiary alicyclic amines) is 1. The highest BCUT2D eigenvalue weighted by Gasteiger charge is 2.30. The quantitative estimate of drug-likeness (QED) is 0.838. The van der Waals surface area contributed by atoms with E-state index in [1.807, 2.05) is 6.07 Å². The third kappa shape index (κ3) is 3.20. The van der Waals surface area contributed by atoms with Crippen molar-refractivity contribution < 1.29 is 12.9 Å². The van der Waals surface area contributed by atoms with Crippen molar-refractivity contribution in [2.45, 2.75) is 30.7 Å². The van der Waals surface area contributed by atoms with Crippen LogP contribution in [0.4, 0.5) is 0 Å². The molecule has 0 saturated carbocycles. The van der Waals surface area contributed by atoms with Gasteiger partial charge in [-0.05, 0) is 31.5 Å². The number of nitrogens with zero attached hydrogens (tertiary/aromatic N) is 3. The topological polar surface area (TPSA) is 76.3 Å². The van der Waals surface area contributed by atoms with Crippen molar-refractivity contribution in [3.63, 3.8) is 0 Å². The van der Waals surface area contributed by atoms with Gasteiger partial charge in [0.25, 0.3) is 0 Å². The molecule has 0 aliphatic carbocycles. The molecule has 1 aliphatic heterocycles. The number of benzene rings is 1. The van der Waals surface area contributed by atoms with E-state index in [0.29, 0.717) is 23.2 Å². The lowest BCUT2D eigenvalue weighted by molar-refractivity contribution is 0.255. The maximum atomic E-state index is 12.4. The van der Waals surface area contributed by atoms with Gasteiger partial charge in [-0.25, -0.2) is 8.42 Å². The van der Waals surface area contributed by atoms with Crippen LogP contribution in [0.15, 0.2) is 39.8 Å². The Morgan fingerprint density at radius 2 is 2.09 bits per heavy atom. The van der Waals surface area contributed by atoms with Gasteiger partial charge in [0.2, 0.25) is 5.89 Å². The number of sulfone groups is 1. The first kappa shape index (κ1) is 15.2. The fourth-order valence-corrected chi connectivity index (χ4v) is 4.10. The smallest absolute Gasteiger partial charge is 0.223 e. The average Bonchev–Trinajstić information content (AvgIpc) is 3.14. The molecule has 0 amide bonds. The molecule has 1 fully saturated rings. The first-order valence-electron chi connectivity index (χ1n) is 7.38. The highest BCUT2D eigenvalue weighted by molar-refractivity contribution is 7.91.